The van der Waals surface area contributed by atoms with Gasteiger partial charge in [-0.1, -0.05) is 19.3 Å². The van der Waals surface area contributed by atoms with Gasteiger partial charge >= 0.3 is 0 Å². The number of pyridine rings is 1. The second-order valence-electron chi connectivity index (χ2n) is 6.39. The Morgan fingerprint density at radius 2 is 2.04 bits per heavy atom. The summed E-state index contributed by atoms with van der Waals surface area (Å²) >= 11 is 0. The summed E-state index contributed by atoms with van der Waals surface area (Å²) in [5.41, 5.74) is 2.62. The molecule has 124 valence electrons. The van der Waals surface area contributed by atoms with E-state index in [2.05, 4.69) is 9.97 Å². The number of rotatable bonds is 3. The van der Waals surface area contributed by atoms with E-state index in [0.717, 1.165) is 29.6 Å². The molecule has 1 fully saturated rings. The fourth-order valence-electron chi connectivity index (χ4n) is 3.64. The zero-order valence-electron chi connectivity index (χ0n) is 13.7. The van der Waals surface area contributed by atoms with Crippen molar-refractivity contribution < 1.29 is 9.15 Å². The highest BCUT2D eigenvalue weighted by Gasteiger charge is 2.19. The molecule has 2 heterocycles. The first kappa shape index (κ1) is 15.0. The maximum Gasteiger partial charge on any atom is 0.189 e. The van der Waals surface area contributed by atoms with E-state index in [9.17, 15) is 4.79 Å². The molecule has 0 spiro atoms. The van der Waals surface area contributed by atoms with Crippen molar-refractivity contribution in [2.45, 2.75) is 38.0 Å². The average molecular weight is 324 g/mol. The van der Waals surface area contributed by atoms with E-state index in [4.69, 9.17) is 9.15 Å². The van der Waals surface area contributed by atoms with Crippen molar-refractivity contribution in [2.24, 2.45) is 0 Å². The summed E-state index contributed by atoms with van der Waals surface area (Å²) < 4.78 is 10.9. The monoisotopic (exact) mass is 324 g/mol. The van der Waals surface area contributed by atoms with E-state index < -0.39 is 0 Å². The number of hydrogen-bond donors (Lipinski definition) is 1. The van der Waals surface area contributed by atoms with E-state index in [0.29, 0.717) is 22.8 Å². The summed E-state index contributed by atoms with van der Waals surface area (Å²) in [5.74, 6) is 1.70. The molecule has 5 nitrogen and oxygen atoms in total. The Balaban J connectivity index is 1.86. The van der Waals surface area contributed by atoms with Crippen molar-refractivity contribution in [1.29, 1.82) is 0 Å². The largest absolute Gasteiger partial charge is 0.496 e. The number of nitrogens with one attached hydrogen (secondary N) is 1. The van der Waals surface area contributed by atoms with Crippen molar-refractivity contribution in [3.8, 4) is 17.1 Å². The van der Waals surface area contributed by atoms with Crippen molar-refractivity contribution in [2.75, 3.05) is 7.11 Å². The highest BCUT2D eigenvalue weighted by Crippen LogP contribution is 2.35. The Hall–Kier alpha value is -2.56. The Bertz CT molecular complexity index is 906. The number of H-pyrrole nitrogens is 1. The molecule has 0 unspecified atom stereocenters. The minimum atomic E-state index is 0.0349. The van der Waals surface area contributed by atoms with Gasteiger partial charge in [0.05, 0.1) is 24.4 Å². The normalized spacial score (nSPS) is 15.7. The van der Waals surface area contributed by atoms with Crippen LogP contribution in [0.2, 0.25) is 0 Å². The average Bonchev–Trinajstić information content (AvgIpc) is 3.16. The summed E-state index contributed by atoms with van der Waals surface area (Å²) in [7, 11) is 1.62. The van der Waals surface area contributed by atoms with Gasteiger partial charge in [0.2, 0.25) is 0 Å². The molecule has 1 aromatic carbocycles. The van der Waals surface area contributed by atoms with E-state index in [1.807, 2.05) is 12.1 Å². The van der Waals surface area contributed by atoms with Crippen LogP contribution in [0.3, 0.4) is 0 Å². The fourth-order valence-corrected chi connectivity index (χ4v) is 3.64. The molecule has 0 saturated heterocycles. The lowest BCUT2D eigenvalue weighted by Crippen LogP contribution is -2.12. The van der Waals surface area contributed by atoms with Crippen LogP contribution in [0, 0.1) is 0 Å². The number of fused-ring (bicyclic) bond motifs is 1. The molecule has 1 aliphatic rings. The predicted molar refractivity (Wildman–Crippen MR) is 92.4 cm³/mol. The SMILES string of the molecule is COc1cc2[nH]c(C3CCCCC3)cc(=O)c2cc1-c1cnco1. The van der Waals surface area contributed by atoms with Crippen LogP contribution < -0.4 is 10.2 Å². The molecule has 3 aromatic rings. The zero-order chi connectivity index (χ0) is 16.5. The van der Waals surface area contributed by atoms with Gasteiger partial charge in [-0.3, -0.25) is 4.79 Å². The molecule has 0 aliphatic heterocycles. The first-order valence-corrected chi connectivity index (χ1v) is 8.40. The third-order valence-corrected chi connectivity index (χ3v) is 4.91. The number of aromatic amines is 1. The first-order valence-electron chi connectivity index (χ1n) is 8.40. The van der Waals surface area contributed by atoms with E-state index in [1.54, 1.807) is 19.4 Å². The van der Waals surface area contributed by atoms with Gasteiger partial charge < -0.3 is 14.1 Å². The predicted octanol–water partition coefficient (Wildman–Crippen LogP) is 4.24. The smallest absolute Gasteiger partial charge is 0.189 e. The quantitative estimate of drug-likeness (QED) is 0.782. The second kappa shape index (κ2) is 6.15. The van der Waals surface area contributed by atoms with Gasteiger partial charge in [-0.15, -0.1) is 0 Å². The lowest BCUT2D eigenvalue weighted by Gasteiger charge is -2.22. The number of oxazole rings is 1. The molecular formula is C19H20N2O3. The molecule has 1 aliphatic carbocycles. The number of ether oxygens (including phenoxy) is 1. The highest BCUT2D eigenvalue weighted by molar-refractivity contribution is 5.87. The highest BCUT2D eigenvalue weighted by atomic mass is 16.5. The maximum absolute atomic E-state index is 12.7. The van der Waals surface area contributed by atoms with E-state index >= 15 is 0 Å². The first-order chi connectivity index (χ1) is 11.8. The lowest BCUT2D eigenvalue weighted by atomic mass is 9.86. The number of hydrogen-bond acceptors (Lipinski definition) is 4. The molecule has 1 saturated carbocycles. The molecule has 0 bridgehead atoms. The molecular weight excluding hydrogens is 304 g/mol. The number of aromatic nitrogens is 2. The van der Waals surface area contributed by atoms with Gasteiger partial charge in [0.1, 0.15) is 5.75 Å². The Morgan fingerprint density at radius 1 is 1.21 bits per heavy atom. The number of methoxy groups -OCH3 is 1. The van der Waals surface area contributed by atoms with Gasteiger partial charge in [-0.05, 0) is 24.8 Å². The summed E-state index contributed by atoms with van der Waals surface area (Å²) in [6.07, 6.45) is 9.05. The van der Waals surface area contributed by atoms with Crippen LogP contribution in [0.4, 0.5) is 0 Å². The molecule has 0 radical (unpaired) electrons. The third kappa shape index (κ3) is 2.60. The van der Waals surface area contributed by atoms with Crippen LogP contribution in [-0.4, -0.2) is 17.1 Å². The molecule has 0 atom stereocenters. The Kier molecular flexibility index (Phi) is 3.84. The fraction of sp³-hybridized carbons (Fsp3) is 0.368. The Labute approximate surface area is 139 Å². The minimum Gasteiger partial charge on any atom is -0.496 e. The van der Waals surface area contributed by atoms with Gasteiger partial charge in [0.15, 0.2) is 17.6 Å². The van der Waals surface area contributed by atoms with Crippen LogP contribution >= 0.6 is 0 Å². The molecule has 4 rings (SSSR count). The van der Waals surface area contributed by atoms with Crippen LogP contribution in [0.15, 0.2) is 40.0 Å². The molecule has 5 heteroatoms. The molecule has 2 aromatic heterocycles. The third-order valence-electron chi connectivity index (χ3n) is 4.91. The van der Waals surface area contributed by atoms with Crippen LogP contribution in [-0.2, 0) is 0 Å². The Morgan fingerprint density at radius 3 is 2.75 bits per heavy atom. The minimum absolute atomic E-state index is 0.0349. The lowest BCUT2D eigenvalue weighted by molar-refractivity contribution is 0.415. The van der Waals surface area contributed by atoms with Crippen molar-refractivity contribution in [3.63, 3.8) is 0 Å². The number of benzene rings is 1. The van der Waals surface area contributed by atoms with Crippen molar-refractivity contribution in [1.82, 2.24) is 9.97 Å². The van der Waals surface area contributed by atoms with Crippen LogP contribution in [0.5, 0.6) is 5.75 Å². The van der Waals surface area contributed by atoms with E-state index in [1.165, 1.54) is 25.7 Å². The van der Waals surface area contributed by atoms with Crippen LogP contribution in [0.1, 0.15) is 43.7 Å². The van der Waals surface area contributed by atoms with Crippen molar-refractivity contribution >= 4 is 10.9 Å². The summed E-state index contributed by atoms with van der Waals surface area (Å²) in [6, 6.07) is 5.45. The van der Waals surface area contributed by atoms with Crippen molar-refractivity contribution in [3.05, 3.63) is 46.7 Å². The van der Waals surface area contributed by atoms with Gasteiger partial charge in [-0.25, -0.2) is 4.98 Å². The van der Waals surface area contributed by atoms with Crippen LogP contribution in [0.25, 0.3) is 22.2 Å². The zero-order valence-corrected chi connectivity index (χ0v) is 13.7. The van der Waals surface area contributed by atoms with Gasteiger partial charge in [0, 0.05) is 23.2 Å². The van der Waals surface area contributed by atoms with Gasteiger partial charge in [-0.2, -0.15) is 0 Å². The second-order valence-corrected chi connectivity index (χ2v) is 6.39. The molecule has 0 amide bonds. The maximum atomic E-state index is 12.7. The summed E-state index contributed by atoms with van der Waals surface area (Å²) in [6.45, 7) is 0. The summed E-state index contributed by atoms with van der Waals surface area (Å²) in [5, 5.41) is 0.641. The van der Waals surface area contributed by atoms with E-state index in [-0.39, 0.29) is 5.43 Å². The molecule has 1 N–H and O–H groups in total. The summed E-state index contributed by atoms with van der Waals surface area (Å²) in [4.78, 5) is 20.1. The standard InChI is InChI=1S/C19H20N2O3/c1-23-18-9-16-13(7-14(18)19-10-20-11-24-19)17(22)8-15(21-16)12-5-3-2-4-6-12/h7-12H,2-6H2,1H3,(H,21,22). The topological polar surface area (TPSA) is 68.1 Å². The number of nitrogens with zero attached hydrogens (tertiary/aromatic N) is 1. The van der Waals surface area contributed by atoms with Gasteiger partial charge in [0.25, 0.3) is 0 Å². The molecule has 24 heavy (non-hydrogen) atoms.